The lowest BCUT2D eigenvalue weighted by Gasteiger charge is -1.94. The molecule has 0 amide bonds. The molecule has 6 heteroatoms. The van der Waals surface area contributed by atoms with Crippen LogP contribution in [-0.4, -0.2) is 16.3 Å². The third-order valence-electron chi connectivity index (χ3n) is 0.944. The fourth-order valence-corrected chi connectivity index (χ4v) is 2.34. The molecular formula is C8H6N2O2S2. The van der Waals surface area contributed by atoms with Gasteiger partial charge in [-0.25, -0.2) is 0 Å². The van der Waals surface area contributed by atoms with Crippen LogP contribution in [0.3, 0.4) is 0 Å². The van der Waals surface area contributed by atoms with Gasteiger partial charge in [-0.3, -0.25) is 4.79 Å². The highest BCUT2D eigenvalue weighted by molar-refractivity contribution is 8.78. The number of nitrogens with zero attached hydrogens (tertiary/aromatic N) is 2. The van der Waals surface area contributed by atoms with Crippen molar-refractivity contribution in [3.05, 3.63) is 23.6 Å². The van der Waals surface area contributed by atoms with E-state index in [1.807, 2.05) is 0 Å². The van der Waals surface area contributed by atoms with Crippen molar-refractivity contribution >= 4 is 27.6 Å². The molecular weight excluding hydrogens is 220 g/mol. The number of carboxylic acids is 1. The second-order valence-electron chi connectivity index (χ2n) is 1.87. The molecule has 0 aliphatic carbocycles. The Labute approximate surface area is 89.3 Å². The molecule has 4 nitrogen and oxygen atoms in total. The lowest BCUT2D eigenvalue weighted by molar-refractivity contribution is -0.135. The third kappa shape index (κ3) is 6.18. The van der Waals surface area contributed by atoms with Crippen molar-refractivity contribution in [2.24, 2.45) is 0 Å². The Hall–Kier alpha value is -1.37. The van der Waals surface area contributed by atoms with Gasteiger partial charge < -0.3 is 5.11 Å². The van der Waals surface area contributed by atoms with E-state index in [2.05, 4.69) is 0 Å². The van der Waals surface area contributed by atoms with Crippen LogP contribution in [-0.2, 0) is 4.79 Å². The molecule has 0 aromatic carbocycles. The summed E-state index contributed by atoms with van der Waals surface area (Å²) < 4.78 is 0. The van der Waals surface area contributed by atoms with Gasteiger partial charge in [0.2, 0.25) is 0 Å². The van der Waals surface area contributed by atoms with Crippen LogP contribution in [0, 0.1) is 22.7 Å². The first-order valence-corrected chi connectivity index (χ1v) is 5.66. The van der Waals surface area contributed by atoms with E-state index in [9.17, 15) is 4.79 Å². The van der Waals surface area contributed by atoms with E-state index in [-0.39, 0.29) is 5.25 Å². The van der Waals surface area contributed by atoms with Crippen molar-refractivity contribution in [3.8, 4) is 12.1 Å². The van der Waals surface area contributed by atoms with Crippen LogP contribution in [0.15, 0.2) is 23.6 Å². The minimum absolute atomic E-state index is 0.319. The number of rotatable bonds is 1. The molecule has 0 radical (unpaired) electrons. The standard InChI is InChI=1S/C4H2N2.C4H4O2S2/c5-3-1-2-4-6;5-4(6)3-1-2-7-8-3/h1-2H;1-3H,(H,5,6). The van der Waals surface area contributed by atoms with Crippen molar-refractivity contribution in [1.82, 2.24) is 0 Å². The Morgan fingerprint density at radius 3 is 2.21 bits per heavy atom. The van der Waals surface area contributed by atoms with E-state index in [0.717, 1.165) is 12.2 Å². The average Bonchev–Trinajstić information content (AvgIpc) is 2.68. The zero-order valence-electron chi connectivity index (χ0n) is 6.95. The first-order chi connectivity index (χ1) is 6.72. The lowest BCUT2D eigenvalue weighted by Crippen LogP contribution is -2.09. The minimum Gasteiger partial charge on any atom is -0.480 e. The van der Waals surface area contributed by atoms with E-state index in [4.69, 9.17) is 15.6 Å². The highest BCUT2D eigenvalue weighted by Crippen LogP contribution is 2.35. The molecule has 0 spiro atoms. The number of carboxylic acid groups (broad SMARTS) is 1. The molecule has 0 saturated heterocycles. The Bertz CT molecular complexity index is 309. The van der Waals surface area contributed by atoms with E-state index in [1.165, 1.54) is 21.6 Å². The zero-order valence-corrected chi connectivity index (χ0v) is 8.59. The van der Waals surface area contributed by atoms with E-state index < -0.39 is 5.97 Å². The van der Waals surface area contributed by atoms with Gasteiger partial charge in [0.25, 0.3) is 0 Å². The summed E-state index contributed by atoms with van der Waals surface area (Å²) >= 11 is 0. The number of carbonyl (C=O) groups is 1. The maximum absolute atomic E-state index is 10.1. The molecule has 1 rings (SSSR count). The lowest BCUT2D eigenvalue weighted by atomic mass is 10.4. The van der Waals surface area contributed by atoms with Crippen LogP contribution in [0.2, 0.25) is 0 Å². The van der Waals surface area contributed by atoms with Crippen molar-refractivity contribution in [2.45, 2.75) is 5.25 Å². The van der Waals surface area contributed by atoms with Gasteiger partial charge in [0.15, 0.2) is 0 Å². The summed E-state index contributed by atoms with van der Waals surface area (Å²) in [6.45, 7) is 0. The van der Waals surface area contributed by atoms with Crippen LogP contribution >= 0.6 is 21.6 Å². The summed E-state index contributed by atoms with van der Waals surface area (Å²) in [6.07, 6.45) is 3.93. The largest absolute Gasteiger partial charge is 0.480 e. The van der Waals surface area contributed by atoms with Gasteiger partial charge >= 0.3 is 5.97 Å². The second-order valence-corrected chi connectivity index (χ2v) is 4.19. The van der Waals surface area contributed by atoms with Gasteiger partial charge in [0, 0.05) is 12.2 Å². The van der Waals surface area contributed by atoms with Crippen LogP contribution in [0.4, 0.5) is 0 Å². The average molecular weight is 226 g/mol. The van der Waals surface area contributed by atoms with Gasteiger partial charge in [-0.1, -0.05) is 27.7 Å². The maximum Gasteiger partial charge on any atom is 0.321 e. The minimum atomic E-state index is -0.753. The molecule has 0 bridgehead atoms. The number of hydrogen-bond donors (Lipinski definition) is 1. The summed E-state index contributed by atoms with van der Waals surface area (Å²) in [5.74, 6) is -0.753. The molecule has 14 heavy (non-hydrogen) atoms. The maximum atomic E-state index is 10.1. The quantitative estimate of drug-likeness (QED) is 0.543. The van der Waals surface area contributed by atoms with Gasteiger partial charge in [0.1, 0.15) is 5.25 Å². The van der Waals surface area contributed by atoms with Crippen molar-refractivity contribution < 1.29 is 9.90 Å². The zero-order chi connectivity index (χ0) is 10.8. The first kappa shape index (κ1) is 12.6. The molecule has 1 unspecified atom stereocenters. The van der Waals surface area contributed by atoms with Gasteiger partial charge in [0.05, 0.1) is 12.1 Å². The van der Waals surface area contributed by atoms with E-state index in [1.54, 1.807) is 23.6 Å². The molecule has 1 N–H and O–H groups in total. The normalized spacial score (nSPS) is 18.0. The monoisotopic (exact) mass is 226 g/mol. The Morgan fingerprint density at radius 1 is 1.43 bits per heavy atom. The number of aliphatic carboxylic acids is 1. The molecule has 0 aromatic heterocycles. The smallest absolute Gasteiger partial charge is 0.321 e. The predicted octanol–water partition coefficient (Wildman–Crippen LogP) is 1.94. The van der Waals surface area contributed by atoms with Crippen molar-refractivity contribution in [3.63, 3.8) is 0 Å². The SMILES string of the molecule is N#CC=CC#N.O=C(O)C1C=CSS1. The predicted molar refractivity (Wildman–Crippen MR) is 56.1 cm³/mol. The van der Waals surface area contributed by atoms with Crippen LogP contribution in [0.25, 0.3) is 0 Å². The second kappa shape index (κ2) is 8.24. The van der Waals surface area contributed by atoms with Gasteiger partial charge in [-0.2, -0.15) is 10.5 Å². The van der Waals surface area contributed by atoms with Crippen molar-refractivity contribution in [2.75, 3.05) is 0 Å². The van der Waals surface area contributed by atoms with Crippen molar-refractivity contribution in [1.29, 1.82) is 10.5 Å². The molecule has 0 fully saturated rings. The molecule has 72 valence electrons. The molecule has 1 heterocycles. The summed E-state index contributed by atoms with van der Waals surface area (Å²) in [5.41, 5.74) is 0. The Kier molecular flexibility index (Phi) is 7.43. The number of hydrogen-bond acceptors (Lipinski definition) is 5. The van der Waals surface area contributed by atoms with Gasteiger partial charge in [-0.15, -0.1) is 0 Å². The molecule has 0 saturated carbocycles. The molecule has 1 aliphatic rings. The Morgan fingerprint density at radius 2 is 2.00 bits per heavy atom. The number of allylic oxidation sites excluding steroid dienone is 2. The summed E-state index contributed by atoms with van der Waals surface area (Å²) in [6, 6.07) is 3.33. The van der Waals surface area contributed by atoms with Gasteiger partial charge in [-0.05, 0) is 5.41 Å². The van der Waals surface area contributed by atoms with Crippen LogP contribution < -0.4 is 0 Å². The molecule has 0 aromatic rings. The Balaban J connectivity index is 0.000000255. The van der Waals surface area contributed by atoms with Crippen LogP contribution in [0.5, 0.6) is 0 Å². The number of nitriles is 2. The summed E-state index contributed by atoms with van der Waals surface area (Å²) in [7, 11) is 2.82. The molecule has 1 atom stereocenters. The summed E-state index contributed by atoms with van der Waals surface area (Å²) in [5, 5.41) is 25.2. The van der Waals surface area contributed by atoms with E-state index >= 15 is 0 Å². The fourth-order valence-electron chi connectivity index (χ4n) is 0.425. The summed E-state index contributed by atoms with van der Waals surface area (Å²) in [4.78, 5) is 10.1. The first-order valence-electron chi connectivity index (χ1n) is 3.38. The highest BCUT2D eigenvalue weighted by Gasteiger charge is 2.17. The highest BCUT2D eigenvalue weighted by atomic mass is 33.1. The fraction of sp³-hybridized carbons (Fsp3) is 0.125. The van der Waals surface area contributed by atoms with Crippen LogP contribution in [0.1, 0.15) is 0 Å². The molecule has 1 aliphatic heterocycles. The van der Waals surface area contributed by atoms with E-state index in [0.29, 0.717) is 0 Å². The third-order valence-corrected chi connectivity index (χ3v) is 3.18. The topological polar surface area (TPSA) is 84.9 Å².